The molecular weight excluding hydrogens is 420 g/mol. The number of allylic oxidation sites excluding steroid dienone is 5. The van der Waals surface area contributed by atoms with Crippen molar-refractivity contribution in [3.8, 4) is 0 Å². The fourth-order valence-electron chi connectivity index (χ4n) is 8.80. The highest BCUT2D eigenvalue weighted by molar-refractivity contribution is 5.71. The first-order chi connectivity index (χ1) is 15.7. The summed E-state index contributed by atoms with van der Waals surface area (Å²) >= 11 is 0. The molecule has 2 saturated carbocycles. The van der Waals surface area contributed by atoms with Crippen LogP contribution >= 0.6 is 0 Å². The lowest BCUT2D eigenvalue weighted by molar-refractivity contribution is -0.146. The molecule has 3 nitrogen and oxygen atoms in total. The van der Waals surface area contributed by atoms with Crippen molar-refractivity contribution in [3.63, 3.8) is 0 Å². The molecule has 34 heavy (non-hydrogen) atoms. The van der Waals surface area contributed by atoms with Crippen LogP contribution in [0, 0.1) is 45.3 Å². The van der Waals surface area contributed by atoms with Gasteiger partial charge in [-0.25, -0.2) is 0 Å². The third kappa shape index (κ3) is 3.51. The lowest BCUT2D eigenvalue weighted by Gasteiger charge is -2.61. The summed E-state index contributed by atoms with van der Waals surface area (Å²) in [6.45, 7) is 20.3. The zero-order chi connectivity index (χ0) is 25.3. The van der Waals surface area contributed by atoms with Crippen molar-refractivity contribution in [1.29, 1.82) is 0 Å². The second-order valence-electron chi connectivity index (χ2n) is 13.7. The van der Waals surface area contributed by atoms with Crippen molar-refractivity contribution < 1.29 is 15.0 Å². The van der Waals surface area contributed by atoms with Crippen LogP contribution in [0.25, 0.3) is 0 Å². The van der Waals surface area contributed by atoms with Gasteiger partial charge in [-0.1, -0.05) is 72.8 Å². The zero-order valence-corrected chi connectivity index (χ0v) is 22.7. The van der Waals surface area contributed by atoms with E-state index < -0.39 is 5.97 Å². The van der Waals surface area contributed by atoms with Crippen LogP contribution in [-0.4, -0.2) is 22.3 Å². The highest BCUT2D eigenvalue weighted by Gasteiger charge is 2.63. The maximum Gasteiger partial charge on any atom is 0.306 e. The monoisotopic (exact) mass is 468 g/mol. The summed E-state index contributed by atoms with van der Waals surface area (Å²) in [5.74, 6) is 0.0861. The van der Waals surface area contributed by atoms with Gasteiger partial charge in [-0.05, 0) is 102 Å². The Morgan fingerprint density at radius 3 is 2.38 bits per heavy atom. The van der Waals surface area contributed by atoms with Gasteiger partial charge in [0.25, 0.3) is 0 Å². The molecular formula is C31H48O3. The number of carboxylic acid groups (broad SMARTS) is 1. The molecule has 0 aromatic carbocycles. The van der Waals surface area contributed by atoms with Crippen LogP contribution in [0.5, 0.6) is 0 Å². The number of aliphatic carboxylic acids is 1. The number of hydrogen-bond donors (Lipinski definition) is 2. The number of aliphatic hydroxyl groups is 1. The van der Waals surface area contributed by atoms with Gasteiger partial charge in [-0.3, -0.25) is 4.79 Å². The minimum atomic E-state index is -0.630. The highest BCUT2D eigenvalue weighted by Crippen LogP contribution is 2.71. The van der Waals surface area contributed by atoms with Crippen LogP contribution in [0.4, 0.5) is 0 Å². The van der Waals surface area contributed by atoms with E-state index in [9.17, 15) is 15.0 Å². The average Bonchev–Trinajstić information content (AvgIpc) is 3.02. The van der Waals surface area contributed by atoms with E-state index in [1.54, 1.807) is 0 Å². The van der Waals surface area contributed by atoms with Crippen molar-refractivity contribution in [2.45, 2.75) is 106 Å². The molecule has 0 bridgehead atoms. The number of carbonyl (C=O) groups is 1. The Morgan fingerprint density at radius 2 is 1.76 bits per heavy atom. The fourth-order valence-corrected chi connectivity index (χ4v) is 8.80. The second kappa shape index (κ2) is 8.36. The summed E-state index contributed by atoms with van der Waals surface area (Å²) < 4.78 is 0. The van der Waals surface area contributed by atoms with Gasteiger partial charge in [0.1, 0.15) is 0 Å². The van der Waals surface area contributed by atoms with Crippen LogP contribution in [0.1, 0.15) is 99.8 Å². The largest absolute Gasteiger partial charge is 0.481 e. The second-order valence-corrected chi connectivity index (χ2v) is 13.7. The first-order valence-corrected chi connectivity index (χ1v) is 13.7. The molecule has 0 aromatic rings. The minimum absolute atomic E-state index is 0.0126. The normalized spacial score (nSPS) is 41.6. The van der Waals surface area contributed by atoms with E-state index in [1.807, 2.05) is 0 Å². The van der Waals surface area contributed by atoms with E-state index in [4.69, 9.17) is 0 Å². The topological polar surface area (TPSA) is 57.5 Å². The van der Waals surface area contributed by atoms with Gasteiger partial charge in [0.15, 0.2) is 0 Å². The Labute approximate surface area is 207 Å². The third-order valence-corrected chi connectivity index (χ3v) is 11.7. The molecule has 0 radical (unpaired) electrons. The van der Waals surface area contributed by atoms with Crippen LogP contribution in [0.15, 0.2) is 35.5 Å². The van der Waals surface area contributed by atoms with Gasteiger partial charge < -0.3 is 10.2 Å². The van der Waals surface area contributed by atoms with Crippen LogP contribution in [0.3, 0.4) is 0 Å². The molecule has 4 aliphatic rings. The molecule has 190 valence electrons. The van der Waals surface area contributed by atoms with E-state index in [0.29, 0.717) is 18.3 Å². The van der Waals surface area contributed by atoms with Crippen molar-refractivity contribution >= 4 is 5.97 Å². The first kappa shape index (κ1) is 25.7. The maximum atomic E-state index is 12.5. The van der Waals surface area contributed by atoms with E-state index in [-0.39, 0.29) is 39.6 Å². The van der Waals surface area contributed by atoms with Crippen LogP contribution in [-0.2, 0) is 4.79 Å². The lowest BCUT2D eigenvalue weighted by Crippen LogP contribution is -2.54. The van der Waals surface area contributed by atoms with Gasteiger partial charge in [-0.15, -0.1) is 0 Å². The van der Waals surface area contributed by atoms with Gasteiger partial charge >= 0.3 is 5.97 Å². The Bertz CT molecular complexity index is 923. The number of fused-ring (bicyclic) bond motifs is 5. The first-order valence-electron chi connectivity index (χ1n) is 13.7. The highest BCUT2D eigenvalue weighted by atomic mass is 16.4. The number of carboxylic acids is 1. The molecule has 3 heteroatoms. The standard InChI is InChI=1S/C31H48O3/c1-19(2)20(3)9-10-21(27(33)34)22-13-17-31(8)24-11-12-25-28(4,5)26(32)15-16-29(25,6)23(24)14-18-30(22,31)7/h11,14,19,21-22,25-26,32H,3,9-10,12-13,15-18H2,1-2,4-8H3,(H,33,34)/t21-,22-,25-,26+,29-,30-,31+/m1/s1. The van der Waals surface area contributed by atoms with Crippen molar-refractivity contribution in [2.24, 2.45) is 45.3 Å². The molecule has 0 spiro atoms. The Morgan fingerprint density at radius 1 is 1.09 bits per heavy atom. The van der Waals surface area contributed by atoms with E-state index in [2.05, 4.69) is 67.2 Å². The number of rotatable bonds is 6. The zero-order valence-electron chi connectivity index (χ0n) is 22.7. The summed E-state index contributed by atoms with van der Waals surface area (Å²) in [6.07, 6.45) is 12.2. The Hall–Kier alpha value is -1.35. The van der Waals surface area contributed by atoms with Crippen LogP contribution < -0.4 is 0 Å². The van der Waals surface area contributed by atoms with Gasteiger partial charge in [-0.2, -0.15) is 0 Å². The van der Waals surface area contributed by atoms with E-state index >= 15 is 0 Å². The molecule has 4 aliphatic carbocycles. The fraction of sp³-hybridized carbons (Fsp3) is 0.774. The molecule has 0 saturated heterocycles. The molecule has 7 atom stereocenters. The van der Waals surface area contributed by atoms with E-state index in [1.165, 1.54) is 16.7 Å². The number of hydrogen-bond acceptors (Lipinski definition) is 2. The summed E-state index contributed by atoms with van der Waals surface area (Å²) in [7, 11) is 0. The minimum Gasteiger partial charge on any atom is -0.481 e. The van der Waals surface area contributed by atoms with Crippen molar-refractivity contribution in [2.75, 3.05) is 0 Å². The lowest BCUT2D eigenvalue weighted by atomic mass is 9.44. The molecule has 2 fully saturated rings. The molecule has 0 aromatic heterocycles. The molecule has 4 rings (SSSR count). The SMILES string of the molecule is C=C(CC[C@@H](C(=O)O)[C@H]1CC[C@@]2(C)C3=CC[C@@H]4C(C)(C)[C@@H](O)CC[C@]4(C)C3=CC[C@]12C)C(C)C. The Balaban J connectivity index is 1.68. The quantitative estimate of drug-likeness (QED) is 0.395. The maximum absolute atomic E-state index is 12.5. The Kier molecular flexibility index (Phi) is 6.32. The molecule has 0 aliphatic heterocycles. The molecule has 0 heterocycles. The van der Waals surface area contributed by atoms with Gasteiger partial charge in [0, 0.05) is 0 Å². The summed E-state index contributed by atoms with van der Waals surface area (Å²) in [5.41, 5.74) is 4.16. The summed E-state index contributed by atoms with van der Waals surface area (Å²) in [5, 5.41) is 21.1. The summed E-state index contributed by atoms with van der Waals surface area (Å²) in [4.78, 5) is 12.5. The average molecular weight is 469 g/mol. The molecule has 0 amide bonds. The molecule has 0 unspecified atom stereocenters. The van der Waals surface area contributed by atoms with Gasteiger partial charge in [0.05, 0.1) is 12.0 Å². The smallest absolute Gasteiger partial charge is 0.306 e. The van der Waals surface area contributed by atoms with E-state index in [0.717, 1.165) is 44.9 Å². The predicted molar refractivity (Wildman–Crippen MR) is 139 cm³/mol. The van der Waals surface area contributed by atoms with Gasteiger partial charge in [0.2, 0.25) is 0 Å². The predicted octanol–water partition coefficient (Wildman–Crippen LogP) is 7.57. The van der Waals surface area contributed by atoms with Crippen molar-refractivity contribution in [3.05, 3.63) is 35.5 Å². The van der Waals surface area contributed by atoms with Crippen LogP contribution in [0.2, 0.25) is 0 Å². The molecule has 2 N–H and O–H groups in total. The summed E-state index contributed by atoms with van der Waals surface area (Å²) in [6, 6.07) is 0. The van der Waals surface area contributed by atoms with Crippen molar-refractivity contribution in [1.82, 2.24) is 0 Å². The third-order valence-electron chi connectivity index (χ3n) is 11.7. The number of aliphatic hydroxyl groups excluding tert-OH is 1.